The maximum Gasteiger partial charge on any atom is 0.203 e. The lowest BCUT2D eigenvalue weighted by atomic mass is 10.3. The molecule has 3 rings (SSSR count). The number of aromatic nitrogens is 2. The quantitative estimate of drug-likeness (QED) is 0.820. The summed E-state index contributed by atoms with van der Waals surface area (Å²) in [6.07, 6.45) is 5.84. The first kappa shape index (κ1) is 9.21. The van der Waals surface area contributed by atoms with E-state index in [9.17, 15) is 0 Å². The molecule has 0 bridgehead atoms. The predicted octanol–water partition coefficient (Wildman–Crippen LogP) is 1.73. The van der Waals surface area contributed by atoms with E-state index in [4.69, 9.17) is 4.74 Å². The smallest absolute Gasteiger partial charge is 0.203 e. The minimum absolute atomic E-state index is 0.448. The van der Waals surface area contributed by atoms with Crippen LogP contribution in [0.3, 0.4) is 0 Å². The second-order valence-corrected chi connectivity index (χ2v) is 4.55. The minimum atomic E-state index is 0.448. The molecule has 0 spiro atoms. The van der Waals surface area contributed by atoms with Crippen molar-refractivity contribution in [2.45, 2.75) is 38.3 Å². The van der Waals surface area contributed by atoms with Crippen LogP contribution in [0.25, 0.3) is 0 Å². The van der Waals surface area contributed by atoms with Crippen LogP contribution in [0.2, 0.25) is 0 Å². The molecule has 15 heavy (non-hydrogen) atoms. The molecule has 1 unspecified atom stereocenters. The summed E-state index contributed by atoms with van der Waals surface area (Å²) in [6.45, 7) is 3.74. The van der Waals surface area contributed by atoms with Crippen molar-refractivity contribution < 1.29 is 4.74 Å². The number of hydrogen-bond donors (Lipinski definition) is 1. The van der Waals surface area contributed by atoms with Crippen LogP contribution >= 0.6 is 0 Å². The van der Waals surface area contributed by atoms with Gasteiger partial charge in [-0.05, 0) is 26.2 Å². The van der Waals surface area contributed by atoms with E-state index in [-0.39, 0.29) is 0 Å². The zero-order valence-electron chi connectivity index (χ0n) is 9.07. The summed E-state index contributed by atoms with van der Waals surface area (Å²) in [4.78, 5) is 4.53. The van der Waals surface area contributed by atoms with Crippen LogP contribution in [0.4, 0.5) is 5.95 Å². The van der Waals surface area contributed by atoms with Crippen molar-refractivity contribution in [2.24, 2.45) is 0 Å². The van der Waals surface area contributed by atoms with Crippen molar-refractivity contribution in [2.75, 3.05) is 18.5 Å². The van der Waals surface area contributed by atoms with Crippen molar-refractivity contribution in [3.8, 4) is 0 Å². The van der Waals surface area contributed by atoms with Gasteiger partial charge < -0.3 is 14.6 Å². The van der Waals surface area contributed by atoms with Gasteiger partial charge in [-0.3, -0.25) is 0 Å². The highest BCUT2D eigenvalue weighted by atomic mass is 16.5. The first-order chi connectivity index (χ1) is 7.33. The standard InChI is InChI=1S/C11H17N3O/c1-8-6-14(10-2-3-10)11(12-8)13-9-4-5-15-7-9/h6,9-10H,2-5,7H2,1H3,(H,12,13). The minimum Gasteiger partial charge on any atom is -0.379 e. The number of nitrogens with zero attached hydrogens (tertiary/aromatic N) is 2. The number of hydrogen-bond acceptors (Lipinski definition) is 3. The van der Waals surface area contributed by atoms with Gasteiger partial charge in [-0.25, -0.2) is 4.98 Å². The molecule has 4 nitrogen and oxygen atoms in total. The van der Waals surface area contributed by atoms with E-state index in [1.165, 1.54) is 12.8 Å². The molecule has 1 atom stereocenters. The Balaban J connectivity index is 1.77. The average Bonchev–Trinajstić information content (AvgIpc) is 2.81. The Hall–Kier alpha value is -1.03. The maximum absolute atomic E-state index is 5.35. The van der Waals surface area contributed by atoms with Crippen molar-refractivity contribution in [1.82, 2.24) is 9.55 Å². The van der Waals surface area contributed by atoms with Gasteiger partial charge in [0, 0.05) is 18.8 Å². The highest BCUT2D eigenvalue weighted by Crippen LogP contribution is 2.37. The van der Waals surface area contributed by atoms with E-state index in [0.717, 1.165) is 31.3 Å². The van der Waals surface area contributed by atoms with Gasteiger partial charge in [-0.2, -0.15) is 0 Å². The molecular weight excluding hydrogens is 190 g/mol. The van der Waals surface area contributed by atoms with Crippen LogP contribution < -0.4 is 5.32 Å². The van der Waals surface area contributed by atoms with Gasteiger partial charge >= 0.3 is 0 Å². The van der Waals surface area contributed by atoms with E-state index >= 15 is 0 Å². The molecule has 1 aromatic rings. The molecule has 1 N–H and O–H groups in total. The van der Waals surface area contributed by atoms with Gasteiger partial charge in [0.05, 0.1) is 18.3 Å². The zero-order chi connectivity index (χ0) is 10.3. The van der Waals surface area contributed by atoms with Crippen molar-refractivity contribution in [3.63, 3.8) is 0 Å². The number of nitrogens with one attached hydrogen (secondary N) is 1. The molecule has 2 fully saturated rings. The highest BCUT2D eigenvalue weighted by Gasteiger charge is 2.27. The second-order valence-electron chi connectivity index (χ2n) is 4.55. The molecule has 1 aliphatic carbocycles. The fourth-order valence-electron chi connectivity index (χ4n) is 2.08. The number of rotatable bonds is 3. The van der Waals surface area contributed by atoms with Crippen LogP contribution in [0.5, 0.6) is 0 Å². The number of ether oxygens (including phenoxy) is 1. The second kappa shape index (κ2) is 3.52. The maximum atomic E-state index is 5.35. The molecule has 1 saturated carbocycles. The summed E-state index contributed by atoms with van der Waals surface area (Å²) in [5.74, 6) is 1.03. The summed E-state index contributed by atoms with van der Waals surface area (Å²) < 4.78 is 7.64. The number of aryl methyl sites for hydroxylation is 1. The zero-order valence-corrected chi connectivity index (χ0v) is 9.07. The van der Waals surface area contributed by atoms with E-state index in [1.54, 1.807) is 0 Å². The average molecular weight is 207 g/mol. The molecule has 1 aliphatic heterocycles. The normalized spacial score (nSPS) is 25.8. The van der Waals surface area contributed by atoms with Gasteiger partial charge in [-0.1, -0.05) is 0 Å². The van der Waals surface area contributed by atoms with Crippen LogP contribution in [-0.2, 0) is 4.74 Å². The molecule has 2 aliphatic rings. The van der Waals surface area contributed by atoms with Crippen LogP contribution in [0.15, 0.2) is 6.20 Å². The van der Waals surface area contributed by atoms with E-state index in [1.807, 2.05) is 0 Å². The van der Waals surface area contributed by atoms with Gasteiger partial charge in [0.1, 0.15) is 0 Å². The molecule has 0 amide bonds. The third-order valence-electron chi connectivity index (χ3n) is 3.06. The number of imidazole rings is 1. The molecule has 2 heterocycles. The summed E-state index contributed by atoms with van der Waals surface area (Å²) >= 11 is 0. The summed E-state index contributed by atoms with van der Waals surface area (Å²) in [7, 11) is 0. The lowest BCUT2D eigenvalue weighted by molar-refractivity contribution is 0.195. The molecule has 0 aromatic carbocycles. The molecule has 82 valence electrons. The fraction of sp³-hybridized carbons (Fsp3) is 0.727. The molecule has 4 heteroatoms. The summed E-state index contributed by atoms with van der Waals surface area (Å²) in [6, 6.07) is 1.14. The Kier molecular flexibility index (Phi) is 2.16. The fourth-order valence-corrected chi connectivity index (χ4v) is 2.08. The Morgan fingerprint density at radius 1 is 1.47 bits per heavy atom. The third kappa shape index (κ3) is 1.86. The number of anilines is 1. The Morgan fingerprint density at radius 3 is 3.00 bits per heavy atom. The Morgan fingerprint density at radius 2 is 2.33 bits per heavy atom. The van der Waals surface area contributed by atoms with Gasteiger partial charge in [0.2, 0.25) is 5.95 Å². The molecule has 1 aromatic heterocycles. The lowest BCUT2D eigenvalue weighted by Gasteiger charge is -2.12. The van der Waals surface area contributed by atoms with E-state index in [0.29, 0.717) is 12.1 Å². The van der Waals surface area contributed by atoms with Crippen LogP contribution in [0.1, 0.15) is 31.0 Å². The summed E-state index contributed by atoms with van der Waals surface area (Å²) in [5.41, 5.74) is 1.10. The summed E-state index contributed by atoms with van der Waals surface area (Å²) in [5, 5.41) is 3.48. The van der Waals surface area contributed by atoms with Crippen molar-refractivity contribution >= 4 is 5.95 Å². The highest BCUT2D eigenvalue weighted by molar-refractivity contribution is 5.32. The predicted molar refractivity (Wildman–Crippen MR) is 58.1 cm³/mol. The van der Waals surface area contributed by atoms with E-state index < -0.39 is 0 Å². The lowest BCUT2D eigenvalue weighted by Crippen LogP contribution is -2.21. The van der Waals surface area contributed by atoms with Crippen molar-refractivity contribution in [1.29, 1.82) is 0 Å². The molecule has 1 saturated heterocycles. The topological polar surface area (TPSA) is 39.1 Å². The SMILES string of the molecule is Cc1cn(C2CC2)c(NC2CCOC2)n1. The van der Waals surface area contributed by atoms with Crippen molar-refractivity contribution in [3.05, 3.63) is 11.9 Å². The Labute approximate surface area is 89.6 Å². The van der Waals surface area contributed by atoms with Gasteiger partial charge in [0.15, 0.2) is 0 Å². The van der Waals surface area contributed by atoms with E-state index in [2.05, 4.69) is 28.0 Å². The van der Waals surface area contributed by atoms with Crippen LogP contribution in [0, 0.1) is 6.92 Å². The third-order valence-corrected chi connectivity index (χ3v) is 3.06. The largest absolute Gasteiger partial charge is 0.379 e. The first-order valence-electron chi connectivity index (χ1n) is 5.72. The monoisotopic (exact) mass is 207 g/mol. The van der Waals surface area contributed by atoms with Gasteiger partial charge in [0.25, 0.3) is 0 Å². The molecule has 0 radical (unpaired) electrons. The molecular formula is C11H17N3O. The van der Waals surface area contributed by atoms with Crippen LogP contribution in [-0.4, -0.2) is 28.8 Å². The Bertz CT molecular complexity index is 351. The van der Waals surface area contributed by atoms with Gasteiger partial charge in [-0.15, -0.1) is 0 Å². The first-order valence-corrected chi connectivity index (χ1v) is 5.72.